The molecule has 1 aromatic carbocycles. The zero-order valence-corrected chi connectivity index (χ0v) is 14.8. The normalized spacial score (nSPS) is 16.9. The predicted octanol–water partition coefficient (Wildman–Crippen LogP) is 1.28. The van der Waals surface area contributed by atoms with Crippen molar-refractivity contribution in [2.45, 2.75) is 32.4 Å². The van der Waals surface area contributed by atoms with E-state index in [-0.39, 0.29) is 30.9 Å². The Kier molecular flexibility index (Phi) is 6.28. The van der Waals surface area contributed by atoms with Gasteiger partial charge in [0.1, 0.15) is 6.54 Å². The first-order valence-corrected chi connectivity index (χ1v) is 7.96. The number of aromatic nitrogens is 4. The quantitative estimate of drug-likeness (QED) is 0.879. The monoisotopic (exact) mass is 350 g/mol. The number of likely N-dealkylation sites (N-methyl/N-ethyl adjacent to an activating group) is 1. The SMILES string of the molecule is CNCC1CCCN1C(=O)Cn1nnc(-c2ccc(C)cc2)n1.Cl. The average Bonchev–Trinajstić information content (AvgIpc) is 3.18. The minimum Gasteiger partial charge on any atom is -0.337 e. The van der Waals surface area contributed by atoms with Crippen molar-refractivity contribution >= 4 is 18.3 Å². The first-order chi connectivity index (χ1) is 11.2. The van der Waals surface area contributed by atoms with E-state index in [9.17, 15) is 4.79 Å². The van der Waals surface area contributed by atoms with Crippen LogP contribution in [0, 0.1) is 6.92 Å². The third-order valence-corrected chi connectivity index (χ3v) is 4.18. The largest absolute Gasteiger partial charge is 0.337 e. The molecule has 0 saturated carbocycles. The number of hydrogen-bond donors (Lipinski definition) is 1. The second-order valence-electron chi connectivity index (χ2n) is 5.95. The predicted molar refractivity (Wildman–Crippen MR) is 93.9 cm³/mol. The summed E-state index contributed by atoms with van der Waals surface area (Å²) in [7, 11) is 1.91. The Morgan fingerprint density at radius 1 is 1.33 bits per heavy atom. The van der Waals surface area contributed by atoms with E-state index in [0.29, 0.717) is 5.82 Å². The molecule has 130 valence electrons. The summed E-state index contributed by atoms with van der Waals surface area (Å²) in [6.45, 7) is 3.80. The van der Waals surface area contributed by atoms with Crippen molar-refractivity contribution in [1.29, 1.82) is 0 Å². The molecule has 1 N–H and O–H groups in total. The van der Waals surface area contributed by atoms with Crippen LogP contribution in [0.5, 0.6) is 0 Å². The van der Waals surface area contributed by atoms with Crippen molar-refractivity contribution in [2.75, 3.05) is 20.1 Å². The van der Waals surface area contributed by atoms with Crippen molar-refractivity contribution in [2.24, 2.45) is 0 Å². The van der Waals surface area contributed by atoms with Crippen LogP contribution in [0.25, 0.3) is 11.4 Å². The molecule has 3 rings (SSSR count). The van der Waals surface area contributed by atoms with E-state index in [1.807, 2.05) is 43.1 Å². The van der Waals surface area contributed by atoms with Crippen LogP contribution in [-0.4, -0.2) is 57.2 Å². The van der Waals surface area contributed by atoms with Gasteiger partial charge in [-0.2, -0.15) is 4.80 Å². The summed E-state index contributed by atoms with van der Waals surface area (Å²) in [5.41, 5.74) is 2.09. The van der Waals surface area contributed by atoms with E-state index in [1.54, 1.807) is 0 Å². The smallest absolute Gasteiger partial charge is 0.246 e. The van der Waals surface area contributed by atoms with E-state index >= 15 is 0 Å². The van der Waals surface area contributed by atoms with Crippen molar-refractivity contribution in [3.8, 4) is 11.4 Å². The number of aryl methyl sites for hydroxylation is 1. The summed E-state index contributed by atoms with van der Waals surface area (Å²) in [5, 5.41) is 15.5. The lowest BCUT2D eigenvalue weighted by atomic mass is 10.1. The minimum absolute atomic E-state index is 0. The number of rotatable bonds is 5. The molecule has 1 unspecified atom stereocenters. The number of hydrogen-bond acceptors (Lipinski definition) is 5. The summed E-state index contributed by atoms with van der Waals surface area (Å²) in [6.07, 6.45) is 2.10. The van der Waals surface area contributed by atoms with Crippen LogP contribution >= 0.6 is 12.4 Å². The van der Waals surface area contributed by atoms with Gasteiger partial charge < -0.3 is 10.2 Å². The zero-order chi connectivity index (χ0) is 16.2. The third kappa shape index (κ3) is 4.10. The molecule has 0 spiro atoms. The number of halogens is 1. The molecule has 1 aliphatic rings. The highest BCUT2D eigenvalue weighted by Crippen LogP contribution is 2.17. The van der Waals surface area contributed by atoms with Gasteiger partial charge in [0.15, 0.2) is 0 Å². The Balaban J connectivity index is 0.00000208. The highest BCUT2D eigenvalue weighted by atomic mass is 35.5. The molecular formula is C16H23ClN6O. The van der Waals surface area contributed by atoms with Gasteiger partial charge in [-0.15, -0.1) is 22.6 Å². The first kappa shape index (κ1) is 18.4. The molecule has 0 bridgehead atoms. The number of benzene rings is 1. The van der Waals surface area contributed by atoms with Crippen LogP contribution < -0.4 is 5.32 Å². The lowest BCUT2D eigenvalue weighted by Gasteiger charge is -2.24. The van der Waals surface area contributed by atoms with Gasteiger partial charge in [0, 0.05) is 24.7 Å². The summed E-state index contributed by atoms with van der Waals surface area (Å²) >= 11 is 0. The maximum absolute atomic E-state index is 12.5. The molecule has 0 radical (unpaired) electrons. The van der Waals surface area contributed by atoms with Crippen LogP contribution in [0.1, 0.15) is 18.4 Å². The summed E-state index contributed by atoms with van der Waals surface area (Å²) < 4.78 is 0. The molecule has 2 aromatic rings. The Morgan fingerprint density at radius 2 is 2.08 bits per heavy atom. The standard InChI is InChI=1S/C16H22N6O.ClH/c1-12-5-7-13(8-6-12)16-18-20-22(19-16)11-15(23)21-9-3-4-14(21)10-17-2;/h5-8,14,17H,3-4,9-11H2,1-2H3;1H. The number of carbonyl (C=O) groups excluding carboxylic acids is 1. The zero-order valence-electron chi connectivity index (χ0n) is 14.0. The van der Waals surface area contributed by atoms with Gasteiger partial charge in [0.25, 0.3) is 0 Å². The maximum atomic E-state index is 12.5. The molecule has 24 heavy (non-hydrogen) atoms. The number of nitrogens with one attached hydrogen (secondary N) is 1. The average molecular weight is 351 g/mol. The highest BCUT2D eigenvalue weighted by Gasteiger charge is 2.28. The molecule has 1 amide bonds. The van der Waals surface area contributed by atoms with Crippen molar-refractivity contribution < 1.29 is 4.79 Å². The number of likely N-dealkylation sites (tertiary alicyclic amines) is 1. The van der Waals surface area contributed by atoms with Gasteiger partial charge in [0.2, 0.25) is 11.7 Å². The van der Waals surface area contributed by atoms with Crippen molar-refractivity contribution in [3.63, 3.8) is 0 Å². The Morgan fingerprint density at radius 3 is 2.79 bits per heavy atom. The fourth-order valence-electron chi connectivity index (χ4n) is 2.95. The Bertz CT molecular complexity index is 671. The van der Waals surface area contributed by atoms with Gasteiger partial charge in [-0.25, -0.2) is 0 Å². The molecule has 1 atom stereocenters. The molecular weight excluding hydrogens is 328 g/mol. The molecule has 7 nitrogen and oxygen atoms in total. The molecule has 8 heteroatoms. The molecule has 0 aliphatic carbocycles. The van der Waals surface area contributed by atoms with Crippen LogP contribution in [0.15, 0.2) is 24.3 Å². The minimum atomic E-state index is 0. The van der Waals surface area contributed by atoms with E-state index in [2.05, 4.69) is 20.7 Å². The lowest BCUT2D eigenvalue weighted by Crippen LogP contribution is -2.42. The van der Waals surface area contributed by atoms with E-state index in [1.165, 1.54) is 10.4 Å². The number of carbonyl (C=O) groups is 1. The molecule has 1 saturated heterocycles. The van der Waals surface area contributed by atoms with Gasteiger partial charge in [-0.1, -0.05) is 29.8 Å². The van der Waals surface area contributed by atoms with Gasteiger partial charge in [-0.3, -0.25) is 4.79 Å². The molecule has 2 heterocycles. The van der Waals surface area contributed by atoms with E-state index in [4.69, 9.17) is 0 Å². The Hall–Kier alpha value is -1.99. The summed E-state index contributed by atoms with van der Waals surface area (Å²) in [4.78, 5) is 15.8. The van der Waals surface area contributed by atoms with Gasteiger partial charge in [-0.05, 0) is 32.0 Å². The maximum Gasteiger partial charge on any atom is 0.246 e. The fraction of sp³-hybridized carbons (Fsp3) is 0.500. The topological polar surface area (TPSA) is 75.9 Å². The van der Waals surface area contributed by atoms with Crippen LogP contribution in [0.4, 0.5) is 0 Å². The first-order valence-electron chi connectivity index (χ1n) is 7.96. The van der Waals surface area contributed by atoms with E-state index < -0.39 is 0 Å². The van der Waals surface area contributed by atoms with Crippen LogP contribution in [-0.2, 0) is 11.3 Å². The number of amides is 1. The molecule has 1 aliphatic heterocycles. The third-order valence-electron chi connectivity index (χ3n) is 4.18. The highest BCUT2D eigenvalue weighted by molar-refractivity contribution is 5.85. The second-order valence-corrected chi connectivity index (χ2v) is 5.95. The van der Waals surface area contributed by atoms with Crippen LogP contribution in [0.3, 0.4) is 0 Å². The second kappa shape index (κ2) is 8.21. The van der Waals surface area contributed by atoms with Gasteiger partial charge >= 0.3 is 0 Å². The lowest BCUT2D eigenvalue weighted by molar-refractivity contribution is -0.133. The molecule has 1 aromatic heterocycles. The van der Waals surface area contributed by atoms with Crippen LogP contribution in [0.2, 0.25) is 0 Å². The van der Waals surface area contributed by atoms with E-state index in [0.717, 1.165) is 31.5 Å². The van der Waals surface area contributed by atoms with Gasteiger partial charge in [0.05, 0.1) is 0 Å². The Labute approximate surface area is 147 Å². The fourth-order valence-corrected chi connectivity index (χ4v) is 2.95. The summed E-state index contributed by atoms with van der Waals surface area (Å²) in [6, 6.07) is 8.21. The number of nitrogens with zero attached hydrogens (tertiary/aromatic N) is 5. The number of tetrazole rings is 1. The van der Waals surface area contributed by atoms with Crippen molar-refractivity contribution in [1.82, 2.24) is 30.4 Å². The molecule has 1 fully saturated rings. The van der Waals surface area contributed by atoms with Crippen molar-refractivity contribution in [3.05, 3.63) is 29.8 Å². The summed E-state index contributed by atoms with van der Waals surface area (Å²) in [5.74, 6) is 0.599.